The molecule has 0 aliphatic heterocycles. The van der Waals surface area contributed by atoms with Crippen LogP contribution >= 0.6 is 0 Å². The molecule has 0 amide bonds. The van der Waals surface area contributed by atoms with E-state index in [2.05, 4.69) is 0 Å². The number of nitro groups is 1. The highest BCUT2D eigenvalue weighted by Gasteiger charge is 2.17. The number of aliphatic carboxylic acids is 1. The van der Waals surface area contributed by atoms with Gasteiger partial charge in [0.05, 0.1) is 24.7 Å². The number of carboxylic acid groups (broad SMARTS) is 1. The van der Waals surface area contributed by atoms with Crippen LogP contribution in [0.4, 0.5) is 5.69 Å². The summed E-state index contributed by atoms with van der Waals surface area (Å²) in [6.45, 7) is 0. The van der Waals surface area contributed by atoms with Crippen molar-refractivity contribution in [1.29, 1.82) is 0 Å². The predicted molar refractivity (Wildman–Crippen MR) is 88.1 cm³/mol. The van der Waals surface area contributed by atoms with E-state index >= 15 is 0 Å². The highest BCUT2D eigenvalue weighted by atomic mass is 16.6. The average Bonchev–Trinajstić information content (AvgIpc) is 2.59. The third kappa shape index (κ3) is 3.70. The summed E-state index contributed by atoms with van der Waals surface area (Å²) in [4.78, 5) is 22.0. The van der Waals surface area contributed by atoms with Gasteiger partial charge in [0, 0.05) is 17.7 Å². The molecule has 0 bridgehead atoms. The molecule has 0 radical (unpaired) electrons. The molecule has 0 saturated heterocycles. The predicted octanol–water partition coefficient (Wildman–Crippen LogP) is 3.24. The first-order valence-electron chi connectivity index (χ1n) is 6.88. The Kier molecular flexibility index (Phi) is 5.16. The lowest BCUT2D eigenvalue weighted by Crippen LogP contribution is -2.02. The minimum absolute atomic E-state index is 0.0637. The highest BCUT2D eigenvalue weighted by molar-refractivity contribution is 6.21. The maximum Gasteiger partial charge on any atom is 0.336 e. The molecule has 0 fully saturated rings. The Morgan fingerprint density at radius 3 is 2.50 bits per heavy atom. The van der Waals surface area contributed by atoms with Gasteiger partial charge in [-0.15, -0.1) is 0 Å². The lowest BCUT2D eigenvalue weighted by Gasteiger charge is -2.11. The molecule has 0 atom stereocenters. The molecule has 124 valence electrons. The summed E-state index contributed by atoms with van der Waals surface area (Å²) in [6, 6.07) is 10.5. The molecule has 0 spiro atoms. The number of benzene rings is 2. The van der Waals surface area contributed by atoms with Crippen molar-refractivity contribution in [3.05, 3.63) is 63.7 Å². The Morgan fingerprint density at radius 1 is 1.17 bits per heavy atom. The van der Waals surface area contributed by atoms with Crippen LogP contribution in [0.5, 0.6) is 11.5 Å². The number of nitrogens with zero attached hydrogens (tertiary/aromatic N) is 1. The molecule has 0 aromatic heterocycles. The van der Waals surface area contributed by atoms with Gasteiger partial charge in [0.2, 0.25) is 0 Å². The molecule has 2 rings (SSSR count). The van der Waals surface area contributed by atoms with E-state index in [1.165, 1.54) is 44.6 Å². The first-order valence-corrected chi connectivity index (χ1v) is 6.88. The lowest BCUT2D eigenvalue weighted by atomic mass is 10.0. The summed E-state index contributed by atoms with van der Waals surface area (Å²) >= 11 is 0. The lowest BCUT2D eigenvalue weighted by molar-refractivity contribution is -0.384. The first-order chi connectivity index (χ1) is 11.5. The van der Waals surface area contributed by atoms with E-state index in [0.717, 1.165) is 0 Å². The fourth-order valence-electron chi connectivity index (χ4n) is 2.17. The molecule has 24 heavy (non-hydrogen) atoms. The van der Waals surface area contributed by atoms with Gasteiger partial charge in [-0.2, -0.15) is 0 Å². The number of ether oxygens (including phenoxy) is 2. The van der Waals surface area contributed by atoms with Crippen LogP contribution in [0.1, 0.15) is 11.1 Å². The maximum atomic E-state index is 11.7. The Labute approximate surface area is 137 Å². The molecule has 2 aromatic rings. The average molecular weight is 329 g/mol. The molecule has 1 N–H and O–H groups in total. The van der Waals surface area contributed by atoms with Crippen molar-refractivity contribution >= 4 is 23.3 Å². The number of hydrogen-bond donors (Lipinski definition) is 1. The number of rotatable bonds is 6. The van der Waals surface area contributed by atoms with Gasteiger partial charge in [-0.05, 0) is 29.8 Å². The zero-order chi connectivity index (χ0) is 17.7. The van der Waals surface area contributed by atoms with Crippen molar-refractivity contribution in [3.8, 4) is 11.5 Å². The summed E-state index contributed by atoms with van der Waals surface area (Å²) in [5, 5.41) is 20.4. The fraction of sp³-hybridized carbons (Fsp3) is 0.118. The van der Waals surface area contributed by atoms with Crippen molar-refractivity contribution in [3.63, 3.8) is 0 Å². The zero-order valence-electron chi connectivity index (χ0n) is 13.1. The quantitative estimate of drug-likeness (QED) is 0.378. The van der Waals surface area contributed by atoms with Gasteiger partial charge >= 0.3 is 5.97 Å². The van der Waals surface area contributed by atoms with E-state index in [9.17, 15) is 20.0 Å². The monoisotopic (exact) mass is 329 g/mol. The second-order valence-electron chi connectivity index (χ2n) is 4.78. The molecule has 7 nitrogen and oxygen atoms in total. The smallest absolute Gasteiger partial charge is 0.336 e. The Hall–Kier alpha value is -3.35. The summed E-state index contributed by atoms with van der Waals surface area (Å²) in [5.41, 5.74) is 0.527. The van der Waals surface area contributed by atoms with E-state index in [4.69, 9.17) is 9.47 Å². The summed E-state index contributed by atoms with van der Waals surface area (Å²) < 4.78 is 10.3. The SMILES string of the molecule is COc1ccc(OC)c(/C(=C/c2cccc([N+](=O)[O-])c2)C(=O)O)c1. The van der Waals surface area contributed by atoms with Crippen LogP contribution in [0.2, 0.25) is 0 Å². The van der Waals surface area contributed by atoms with Crippen molar-refractivity contribution < 1.29 is 24.3 Å². The Balaban J connectivity index is 2.60. The molecular weight excluding hydrogens is 314 g/mol. The van der Waals surface area contributed by atoms with E-state index in [1.54, 1.807) is 18.2 Å². The number of carboxylic acids is 1. The van der Waals surface area contributed by atoms with Gasteiger partial charge in [0.1, 0.15) is 11.5 Å². The minimum Gasteiger partial charge on any atom is -0.497 e. The normalized spacial score (nSPS) is 11.0. The number of hydrogen-bond acceptors (Lipinski definition) is 5. The van der Waals surface area contributed by atoms with Crippen LogP contribution in [-0.2, 0) is 4.79 Å². The maximum absolute atomic E-state index is 11.7. The molecular formula is C17H15NO6. The molecule has 0 aliphatic rings. The van der Waals surface area contributed by atoms with Crippen molar-refractivity contribution in [1.82, 2.24) is 0 Å². The van der Waals surface area contributed by atoms with Gasteiger partial charge in [0.15, 0.2) is 0 Å². The topological polar surface area (TPSA) is 98.9 Å². The number of methoxy groups -OCH3 is 2. The van der Waals surface area contributed by atoms with Crippen LogP contribution in [-0.4, -0.2) is 30.2 Å². The third-order valence-electron chi connectivity index (χ3n) is 3.32. The van der Waals surface area contributed by atoms with Crippen molar-refractivity contribution in [2.75, 3.05) is 14.2 Å². The standard InChI is InChI=1S/C17H15NO6/c1-23-13-6-7-16(24-2)14(10-13)15(17(19)20)9-11-4-3-5-12(8-11)18(21)22/h3-10H,1-2H3,(H,19,20)/b15-9-. The van der Waals surface area contributed by atoms with Crippen LogP contribution in [0.25, 0.3) is 11.6 Å². The summed E-state index contributed by atoms with van der Waals surface area (Å²) in [5.74, 6) is -0.361. The Morgan fingerprint density at radius 2 is 1.92 bits per heavy atom. The Bertz CT molecular complexity index is 812. The molecule has 0 unspecified atom stereocenters. The van der Waals surface area contributed by atoms with Gasteiger partial charge < -0.3 is 14.6 Å². The number of non-ortho nitro benzene ring substituents is 1. The van der Waals surface area contributed by atoms with Crippen LogP contribution < -0.4 is 9.47 Å². The van der Waals surface area contributed by atoms with Gasteiger partial charge in [-0.25, -0.2) is 4.79 Å². The molecule has 2 aromatic carbocycles. The van der Waals surface area contributed by atoms with Crippen molar-refractivity contribution in [2.24, 2.45) is 0 Å². The second-order valence-corrected chi connectivity index (χ2v) is 4.78. The molecule has 7 heteroatoms. The van der Waals surface area contributed by atoms with Crippen LogP contribution in [0.15, 0.2) is 42.5 Å². The molecule has 0 heterocycles. The number of nitro benzene ring substituents is 1. The summed E-state index contributed by atoms with van der Waals surface area (Å²) in [7, 11) is 2.90. The van der Waals surface area contributed by atoms with Crippen LogP contribution in [0.3, 0.4) is 0 Å². The van der Waals surface area contributed by atoms with Gasteiger partial charge in [0.25, 0.3) is 5.69 Å². The molecule has 0 saturated carbocycles. The molecule has 0 aliphatic carbocycles. The fourth-order valence-corrected chi connectivity index (χ4v) is 2.17. The van der Waals surface area contributed by atoms with Gasteiger partial charge in [-0.1, -0.05) is 12.1 Å². The minimum atomic E-state index is -1.19. The highest BCUT2D eigenvalue weighted by Crippen LogP contribution is 2.32. The first kappa shape index (κ1) is 17.0. The van der Waals surface area contributed by atoms with Crippen LogP contribution in [0, 0.1) is 10.1 Å². The largest absolute Gasteiger partial charge is 0.497 e. The zero-order valence-corrected chi connectivity index (χ0v) is 13.1. The van der Waals surface area contributed by atoms with E-state index in [0.29, 0.717) is 22.6 Å². The van der Waals surface area contributed by atoms with E-state index < -0.39 is 10.9 Å². The second kappa shape index (κ2) is 7.28. The third-order valence-corrected chi connectivity index (χ3v) is 3.32. The van der Waals surface area contributed by atoms with Crippen molar-refractivity contribution in [2.45, 2.75) is 0 Å². The number of carbonyl (C=O) groups is 1. The van der Waals surface area contributed by atoms with E-state index in [1.807, 2.05) is 0 Å². The summed E-state index contributed by atoms with van der Waals surface area (Å²) in [6.07, 6.45) is 1.35. The van der Waals surface area contributed by atoms with Gasteiger partial charge in [-0.3, -0.25) is 10.1 Å². The van der Waals surface area contributed by atoms with E-state index in [-0.39, 0.29) is 11.3 Å².